The maximum absolute atomic E-state index is 11.9. The first-order valence-corrected chi connectivity index (χ1v) is 7.25. The van der Waals surface area contributed by atoms with Gasteiger partial charge in [0, 0.05) is 6.20 Å². The van der Waals surface area contributed by atoms with Crippen molar-refractivity contribution in [2.24, 2.45) is 5.41 Å². The minimum atomic E-state index is -3.41. The summed E-state index contributed by atoms with van der Waals surface area (Å²) >= 11 is 5.84. The molecule has 0 aliphatic heterocycles. The van der Waals surface area contributed by atoms with Gasteiger partial charge in [-0.1, -0.05) is 32.4 Å². The van der Waals surface area contributed by atoms with Crippen LogP contribution in [0, 0.1) is 12.3 Å². The van der Waals surface area contributed by atoms with Gasteiger partial charge in [0.15, 0.2) is 5.15 Å². The molecule has 1 heterocycles. The molecule has 1 rings (SSSR count). The van der Waals surface area contributed by atoms with Crippen LogP contribution in [-0.2, 0) is 10.0 Å². The number of aromatic nitrogens is 1. The number of nitrogens with zero attached hydrogens (tertiary/aromatic N) is 1. The molecule has 0 saturated carbocycles. The number of nitrogens with one attached hydrogen (secondary N) is 1. The van der Waals surface area contributed by atoms with Crippen LogP contribution in [-0.4, -0.2) is 19.2 Å². The van der Waals surface area contributed by atoms with E-state index < -0.39 is 10.0 Å². The van der Waals surface area contributed by atoms with Crippen molar-refractivity contribution in [3.63, 3.8) is 0 Å². The molecule has 0 aliphatic carbocycles. The summed E-state index contributed by atoms with van der Waals surface area (Å²) in [6.07, 6.45) is 1.59. The highest BCUT2D eigenvalue weighted by Gasteiger charge is 2.22. The number of hydrogen-bond donors (Lipinski definition) is 1. The highest BCUT2D eigenvalue weighted by atomic mass is 35.5. The van der Waals surface area contributed by atoms with Crippen molar-refractivity contribution in [1.82, 2.24) is 4.98 Å². The van der Waals surface area contributed by atoms with Crippen molar-refractivity contribution in [3.05, 3.63) is 23.0 Å². The predicted octanol–water partition coefficient (Wildman–Crippen LogP) is 2.83. The molecule has 1 N–H and O–H groups in total. The topological polar surface area (TPSA) is 59.1 Å². The number of aryl methyl sites for hydroxylation is 1. The van der Waals surface area contributed by atoms with Crippen molar-refractivity contribution in [2.45, 2.75) is 27.7 Å². The molecule has 1 aromatic heterocycles. The number of sulfonamides is 1. The Bertz CT molecular complexity index is 507. The molecule has 0 radical (unpaired) electrons. The van der Waals surface area contributed by atoms with Crippen LogP contribution in [0.3, 0.4) is 0 Å². The van der Waals surface area contributed by atoms with Gasteiger partial charge in [-0.3, -0.25) is 4.72 Å². The third-order valence-corrected chi connectivity index (χ3v) is 3.94. The van der Waals surface area contributed by atoms with Gasteiger partial charge in [0.2, 0.25) is 10.0 Å². The maximum atomic E-state index is 11.9. The Morgan fingerprint density at radius 2 is 2.00 bits per heavy atom. The molecule has 0 amide bonds. The second-order valence-corrected chi connectivity index (χ2v) is 7.35. The van der Waals surface area contributed by atoms with E-state index in [1.54, 1.807) is 12.3 Å². The van der Waals surface area contributed by atoms with Gasteiger partial charge >= 0.3 is 0 Å². The summed E-state index contributed by atoms with van der Waals surface area (Å²) in [6, 6.07) is 1.66. The van der Waals surface area contributed by atoms with Crippen LogP contribution in [0.25, 0.3) is 0 Å². The van der Waals surface area contributed by atoms with Crippen LogP contribution >= 0.6 is 11.6 Å². The monoisotopic (exact) mass is 276 g/mol. The molecule has 6 heteroatoms. The zero-order valence-corrected chi connectivity index (χ0v) is 12.0. The van der Waals surface area contributed by atoms with Gasteiger partial charge in [-0.15, -0.1) is 0 Å². The Balaban J connectivity index is 2.94. The average molecular weight is 277 g/mol. The van der Waals surface area contributed by atoms with Crippen LogP contribution in [0.1, 0.15) is 26.3 Å². The number of anilines is 1. The highest BCUT2D eigenvalue weighted by molar-refractivity contribution is 7.92. The lowest BCUT2D eigenvalue weighted by Gasteiger charge is -2.19. The minimum absolute atomic E-state index is 0.0320. The SMILES string of the molecule is Cc1cnc(Cl)c(NS(=O)(=O)CC(C)(C)C)c1. The Kier molecular flexibility index (Phi) is 4.04. The Labute approximate surface area is 107 Å². The largest absolute Gasteiger partial charge is 0.280 e. The Morgan fingerprint density at radius 1 is 1.41 bits per heavy atom. The van der Waals surface area contributed by atoms with Crippen molar-refractivity contribution in [1.29, 1.82) is 0 Å². The van der Waals surface area contributed by atoms with Gasteiger partial charge in [-0.25, -0.2) is 13.4 Å². The van der Waals surface area contributed by atoms with Crippen molar-refractivity contribution in [3.8, 4) is 0 Å². The summed E-state index contributed by atoms with van der Waals surface area (Å²) in [5.74, 6) is 0.0320. The predicted molar refractivity (Wildman–Crippen MR) is 70.8 cm³/mol. The molecule has 0 bridgehead atoms. The molecule has 0 atom stereocenters. The summed E-state index contributed by atoms with van der Waals surface area (Å²) in [5.41, 5.74) is 0.869. The van der Waals surface area contributed by atoms with Crippen molar-refractivity contribution >= 4 is 27.3 Å². The fourth-order valence-electron chi connectivity index (χ4n) is 1.40. The van der Waals surface area contributed by atoms with Crippen LogP contribution in [0.4, 0.5) is 5.69 Å². The lowest BCUT2D eigenvalue weighted by molar-refractivity contribution is 0.463. The van der Waals surface area contributed by atoms with E-state index in [9.17, 15) is 8.42 Å². The van der Waals surface area contributed by atoms with E-state index in [4.69, 9.17) is 11.6 Å². The molecule has 96 valence electrons. The van der Waals surface area contributed by atoms with Crippen LogP contribution in [0.2, 0.25) is 5.15 Å². The van der Waals surface area contributed by atoms with Crippen LogP contribution in [0.15, 0.2) is 12.3 Å². The quantitative estimate of drug-likeness (QED) is 0.864. The van der Waals surface area contributed by atoms with E-state index in [1.807, 2.05) is 27.7 Å². The third kappa shape index (κ3) is 4.91. The number of pyridine rings is 1. The minimum Gasteiger partial charge on any atom is -0.280 e. The summed E-state index contributed by atoms with van der Waals surface area (Å²) < 4.78 is 26.2. The molecule has 0 unspecified atom stereocenters. The average Bonchev–Trinajstić information content (AvgIpc) is 2.06. The van der Waals surface area contributed by atoms with Gasteiger partial charge in [0.1, 0.15) is 0 Å². The normalized spacial score (nSPS) is 12.5. The molecule has 0 aliphatic rings. The standard InChI is InChI=1S/C11H17ClN2O2S/c1-8-5-9(10(12)13-6-8)14-17(15,16)7-11(2,3)4/h5-6,14H,7H2,1-4H3. The van der Waals surface area contributed by atoms with Gasteiger partial charge in [0.05, 0.1) is 11.4 Å². The molecular weight excluding hydrogens is 260 g/mol. The van der Waals surface area contributed by atoms with E-state index in [-0.39, 0.29) is 16.3 Å². The lowest BCUT2D eigenvalue weighted by Crippen LogP contribution is -2.26. The fraction of sp³-hybridized carbons (Fsp3) is 0.545. The molecule has 0 fully saturated rings. The second kappa shape index (κ2) is 4.82. The first-order valence-electron chi connectivity index (χ1n) is 5.22. The fourth-order valence-corrected chi connectivity index (χ4v) is 3.31. The molecule has 0 aromatic carbocycles. The summed E-state index contributed by atoms with van der Waals surface area (Å²) in [7, 11) is -3.41. The van der Waals surface area contributed by atoms with Gasteiger partial charge < -0.3 is 0 Å². The Morgan fingerprint density at radius 3 is 2.53 bits per heavy atom. The Hall–Kier alpha value is -0.810. The molecule has 17 heavy (non-hydrogen) atoms. The number of halogens is 1. The van der Waals surface area contributed by atoms with Crippen LogP contribution < -0.4 is 4.72 Å². The number of rotatable bonds is 3. The van der Waals surface area contributed by atoms with Gasteiger partial charge in [0.25, 0.3) is 0 Å². The molecule has 1 aromatic rings. The summed E-state index contributed by atoms with van der Waals surface area (Å²) in [4.78, 5) is 3.90. The summed E-state index contributed by atoms with van der Waals surface area (Å²) in [6.45, 7) is 7.41. The zero-order chi connectivity index (χ0) is 13.3. The molecule has 0 saturated heterocycles. The van der Waals surface area contributed by atoms with Crippen molar-refractivity contribution < 1.29 is 8.42 Å². The van der Waals surface area contributed by atoms with E-state index in [1.165, 1.54) is 0 Å². The van der Waals surface area contributed by atoms with Gasteiger partial charge in [-0.05, 0) is 24.0 Å². The van der Waals surface area contributed by atoms with E-state index in [0.717, 1.165) is 5.56 Å². The van der Waals surface area contributed by atoms with E-state index in [0.29, 0.717) is 5.69 Å². The number of hydrogen-bond acceptors (Lipinski definition) is 3. The van der Waals surface area contributed by atoms with E-state index >= 15 is 0 Å². The first-order chi connectivity index (χ1) is 7.59. The molecule has 4 nitrogen and oxygen atoms in total. The molecular formula is C11H17ClN2O2S. The highest BCUT2D eigenvalue weighted by Crippen LogP contribution is 2.23. The first kappa shape index (κ1) is 14.3. The maximum Gasteiger partial charge on any atom is 0.233 e. The van der Waals surface area contributed by atoms with Crippen molar-refractivity contribution in [2.75, 3.05) is 10.5 Å². The van der Waals surface area contributed by atoms with Gasteiger partial charge in [-0.2, -0.15) is 0 Å². The summed E-state index contributed by atoms with van der Waals surface area (Å²) in [5, 5.41) is 0.160. The zero-order valence-electron chi connectivity index (χ0n) is 10.4. The molecule has 0 spiro atoms. The smallest absolute Gasteiger partial charge is 0.233 e. The van der Waals surface area contributed by atoms with E-state index in [2.05, 4.69) is 9.71 Å². The lowest BCUT2D eigenvalue weighted by atomic mass is 10.0. The van der Waals surface area contributed by atoms with Crippen LogP contribution in [0.5, 0.6) is 0 Å². The third-order valence-electron chi connectivity index (χ3n) is 1.86. The second-order valence-electron chi connectivity index (χ2n) is 5.27.